The van der Waals surface area contributed by atoms with Gasteiger partial charge in [0.1, 0.15) is 5.75 Å². The number of rotatable bonds is 4. The lowest BCUT2D eigenvalue weighted by Gasteiger charge is -2.28. The van der Waals surface area contributed by atoms with Crippen molar-refractivity contribution in [3.05, 3.63) is 28.2 Å². The van der Waals surface area contributed by atoms with Gasteiger partial charge in [0, 0.05) is 17.1 Å². The molecule has 0 saturated heterocycles. The Morgan fingerprint density at radius 3 is 2.83 bits per heavy atom. The van der Waals surface area contributed by atoms with Crippen LogP contribution in [0.2, 0.25) is 0 Å². The summed E-state index contributed by atoms with van der Waals surface area (Å²) < 4.78 is 6.42. The highest BCUT2D eigenvalue weighted by molar-refractivity contribution is 9.10. The van der Waals surface area contributed by atoms with Crippen LogP contribution in [0.15, 0.2) is 22.7 Å². The number of benzene rings is 1. The van der Waals surface area contributed by atoms with Crippen LogP contribution in [0, 0.1) is 5.41 Å². The zero-order valence-corrected chi connectivity index (χ0v) is 13.0. The second-order valence-electron chi connectivity index (χ2n) is 5.77. The van der Waals surface area contributed by atoms with E-state index in [4.69, 9.17) is 4.74 Å². The number of hydrogen-bond acceptors (Lipinski definition) is 2. The average Bonchev–Trinajstić information content (AvgIpc) is 2.67. The SMILES string of the molecule is COc1ccc(Br)c(CNC2CCCC2(C)C)c1. The van der Waals surface area contributed by atoms with Gasteiger partial charge >= 0.3 is 0 Å². The molecule has 1 aromatic carbocycles. The van der Waals surface area contributed by atoms with Crippen molar-refractivity contribution in [1.82, 2.24) is 5.32 Å². The van der Waals surface area contributed by atoms with Gasteiger partial charge in [0.25, 0.3) is 0 Å². The van der Waals surface area contributed by atoms with E-state index in [1.54, 1.807) is 7.11 Å². The third-order valence-electron chi connectivity index (χ3n) is 4.05. The van der Waals surface area contributed by atoms with Crippen LogP contribution < -0.4 is 10.1 Å². The summed E-state index contributed by atoms with van der Waals surface area (Å²) in [5.41, 5.74) is 1.68. The molecule has 0 aromatic heterocycles. The Morgan fingerprint density at radius 1 is 1.44 bits per heavy atom. The van der Waals surface area contributed by atoms with Gasteiger partial charge in [0.05, 0.1) is 7.11 Å². The molecule has 0 amide bonds. The molecule has 3 heteroatoms. The predicted octanol–water partition coefficient (Wildman–Crippen LogP) is 4.13. The van der Waals surface area contributed by atoms with Crippen molar-refractivity contribution in [3.63, 3.8) is 0 Å². The molecule has 2 rings (SSSR count). The first-order valence-corrected chi connectivity index (χ1v) is 7.38. The smallest absolute Gasteiger partial charge is 0.119 e. The number of methoxy groups -OCH3 is 1. The van der Waals surface area contributed by atoms with E-state index >= 15 is 0 Å². The molecule has 1 unspecified atom stereocenters. The maximum absolute atomic E-state index is 5.27. The first kappa shape index (κ1) is 13.9. The third-order valence-corrected chi connectivity index (χ3v) is 4.82. The molecule has 1 atom stereocenters. The topological polar surface area (TPSA) is 21.3 Å². The molecular formula is C15H22BrNO. The Labute approximate surface area is 118 Å². The van der Waals surface area contributed by atoms with E-state index in [0.29, 0.717) is 11.5 Å². The maximum Gasteiger partial charge on any atom is 0.119 e. The van der Waals surface area contributed by atoms with Crippen molar-refractivity contribution < 1.29 is 4.74 Å². The molecule has 1 aliphatic rings. The van der Waals surface area contributed by atoms with E-state index in [1.165, 1.54) is 24.8 Å². The van der Waals surface area contributed by atoms with E-state index in [-0.39, 0.29) is 0 Å². The Bertz CT molecular complexity index is 417. The normalized spacial score (nSPS) is 22.1. The Balaban J connectivity index is 2.01. The molecule has 18 heavy (non-hydrogen) atoms. The van der Waals surface area contributed by atoms with Gasteiger partial charge in [-0.1, -0.05) is 36.2 Å². The molecule has 1 aromatic rings. The first-order chi connectivity index (χ1) is 8.53. The lowest BCUT2D eigenvalue weighted by atomic mass is 9.87. The maximum atomic E-state index is 5.27. The molecule has 1 fully saturated rings. The summed E-state index contributed by atoms with van der Waals surface area (Å²) in [6.45, 7) is 5.61. The van der Waals surface area contributed by atoms with E-state index in [1.807, 2.05) is 6.07 Å². The molecule has 0 spiro atoms. The first-order valence-electron chi connectivity index (χ1n) is 6.59. The minimum Gasteiger partial charge on any atom is -0.497 e. The summed E-state index contributed by atoms with van der Waals surface area (Å²) in [6, 6.07) is 6.75. The zero-order valence-electron chi connectivity index (χ0n) is 11.4. The summed E-state index contributed by atoms with van der Waals surface area (Å²) in [4.78, 5) is 0. The standard InChI is InChI=1S/C15H22BrNO/c1-15(2)8-4-5-14(15)17-10-11-9-12(18-3)6-7-13(11)16/h6-7,9,14,17H,4-5,8,10H2,1-3H3. The van der Waals surface area contributed by atoms with Crippen LogP contribution in [-0.4, -0.2) is 13.2 Å². The minimum atomic E-state index is 0.422. The third kappa shape index (κ3) is 3.07. The molecule has 0 radical (unpaired) electrons. The number of nitrogens with one attached hydrogen (secondary N) is 1. The highest BCUT2D eigenvalue weighted by Crippen LogP contribution is 2.37. The van der Waals surface area contributed by atoms with Crippen molar-refractivity contribution in [2.45, 2.75) is 45.7 Å². The van der Waals surface area contributed by atoms with Crippen molar-refractivity contribution >= 4 is 15.9 Å². The second kappa shape index (κ2) is 5.62. The van der Waals surface area contributed by atoms with Crippen LogP contribution >= 0.6 is 15.9 Å². The molecule has 2 nitrogen and oxygen atoms in total. The molecule has 1 aliphatic carbocycles. The van der Waals surface area contributed by atoms with Crippen LogP contribution in [0.3, 0.4) is 0 Å². The largest absolute Gasteiger partial charge is 0.497 e. The summed E-state index contributed by atoms with van der Waals surface area (Å²) in [7, 11) is 1.71. The number of ether oxygens (including phenoxy) is 1. The monoisotopic (exact) mass is 311 g/mol. The lowest BCUT2D eigenvalue weighted by molar-refractivity contribution is 0.282. The highest BCUT2D eigenvalue weighted by Gasteiger charge is 2.33. The molecule has 0 bridgehead atoms. The van der Waals surface area contributed by atoms with Crippen LogP contribution in [0.4, 0.5) is 0 Å². The van der Waals surface area contributed by atoms with E-state index in [2.05, 4.69) is 47.2 Å². The lowest BCUT2D eigenvalue weighted by Crippen LogP contribution is -2.37. The van der Waals surface area contributed by atoms with E-state index in [0.717, 1.165) is 16.8 Å². The molecule has 1 N–H and O–H groups in total. The fourth-order valence-corrected chi connectivity index (χ4v) is 3.14. The van der Waals surface area contributed by atoms with Crippen LogP contribution in [-0.2, 0) is 6.54 Å². The van der Waals surface area contributed by atoms with Crippen molar-refractivity contribution in [2.75, 3.05) is 7.11 Å². The van der Waals surface area contributed by atoms with Gasteiger partial charge in [-0.2, -0.15) is 0 Å². The fraction of sp³-hybridized carbons (Fsp3) is 0.600. The van der Waals surface area contributed by atoms with Crippen molar-refractivity contribution in [1.29, 1.82) is 0 Å². The van der Waals surface area contributed by atoms with Gasteiger partial charge in [0.2, 0.25) is 0 Å². The van der Waals surface area contributed by atoms with Crippen molar-refractivity contribution in [3.8, 4) is 5.75 Å². The summed E-state index contributed by atoms with van der Waals surface area (Å²) in [5.74, 6) is 0.917. The zero-order chi connectivity index (χ0) is 13.2. The molecule has 0 heterocycles. The summed E-state index contributed by atoms with van der Waals surface area (Å²) in [6.07, 6.45) is 3.95. The molecule has 100 valence electrons. The van der Waals surface area contributed by atoms with Crippen LogP contribution in [0.25, 0.3) is 0 Å². The number of halogens is 1. The quantitative estimate of drug-likeness (QED) is 0.903. The Kier molecular flexibility index (Phi) is 4.33. The fourth-order valence-electron chi connectivity index (χ4n) is 2.75. The Hall–Kier alpha value is -0.540. The summed E-state index contributed by atoms with van der Waals surface area (Å²) in [5, 5.41) is 3.69. The van der Waals surface area contributed by atoms with Gasteiger partial charge in [0.15, 0.2) is 0 Å². The van der Waals surface area contributed by atoms with Crippen molar-refractivity contribution in [2.24, 2.45) is 5.41 Å². The molecule has 0 aliphatic heterocycles. The minimum absolute atomic E-state index is 0.422. The average molecular weight is 312 g/mol. The Morgan fingerprint density at radius 2 is 2.22 bits per heavy atom. The molecule has 1 saturated carbocycles. The van der Waals surface area contributed by atoms with Crippen LogP contribution in [0.1, 0.15) is 38.7 Å². The van der Waals surface area contributed by atoms with Gasteiger partial charge in [-0.25, -0.2) is 0 Å². The van der Waals surface area contributed by atoms with Gasteiger partial charge < -0.3 is 10.1 Å². The van der Waals surface area contributed by atoms with Gasteiger partial charge in [-0.15, -0.1) is 0 Å². The number of hydrogen-bond donors (Lipinski definition) is 1. The highest BCUT2D eigenvalue weighted by atomic mass is 79.9. The van der Waals surface area contributed by atoms with Crippen LogP contribution in [0.5, 0.6) is 5.75 Å². The summed E-state index contributed by atoms with van der Waals surface area (Å²) >= 11 is 3.60. The predicted molar refractivity (Wildman–Crippen MR) is 79.0 cm³/mol. The van der Waals surface area contributed by atoms with Gasteiger partial charge in [-0.05, 0) is 42.0 Å². The molecular weight excluding hydrogens is 290 g/mol. The van der Waals surface area contributed by atoms with E-state index in [9.17, 15) is 0 Å². The van der Waals surface area contributed by atoms with E-state index < -0.39 is 0 Å². The second-order valence-corrected chi connectivity index (χ2v) is 6.63. The van der Waals surface area contributed by atoms with Gasteiger partial charge in [-0.3, -0.25) is 0 Å².